The molecule has 0 bridgehead atoms. The Hall–Kier alpha value is -4.14. The van der Waals surface area contributed by atoms with Crippen LogP contribution in [0.25, 0.3) is 22.3 Å². The largest absolute Gasteiger partial charge is 0.493 e. The van der Waals surface area contributed by atoms with Crippen LogP contribution in [0.1, 0.15) is 59.2 Å². The molecule has 0 aliphatic carbocycles. The fraction of sp³-hybridized carbons (Fsp3) is 0.371. The molecule has 0 fully saturated rings. The van der Waals surface area contributed by atoms with Gasteiger partial charge in [0.1, 0.15) is 11.3 Å². The summed E-state index contributed by atoms with van der Waals surface area (Å²) in [5.74, 6) is 0.198. The van der Waals surface area contributed by atoms with Gasteiger partial charge in [-0.1, -0.05) is 66.6 Å². The molecule has 8 heteroatoms. The molecule has 1 aromatic heterocycles. The molecule has 0 aliphatic rings. The molecule has 0 saturated carbocycles. The number of rotatable bonds is 16. The number of carbonyl (C=O) groups excluding carboxylic acids is 2. The molecule has 0 unspecified atom stereocenters. The van der Waals surface area contributed by atoms with Crippen LogP contribution >= 0.6 is 0 Å². The van der Waals surface area contributed by atoms with E-state index in [1.165, 1.54) is 0 Å². The summed E-state index contributed by atoms with van der Waals surface area (Å²) in [5.41, 5.74) is 4.42. The third-order valence-corrected chi connectivity index (χ3v) is 7.39. The van der Waals surface area contributed by atoms with Crippen LogP contribution in [0.3, 0.4) is 0 Å². The van der Waals surface area contributed by atoms with Crippen LogP contribution in [0.2, 0.25) is 0 Å². The number of unbranched alkanes of at least 4 members (excludes halogenated alkanes) is 3. The third-order valence-electron chi connectivity index (χ3n) is 7.39. The number of furan rings is 1. The van der Waals surface area contributed by atoms with Crippen LogP contribution in [0.15, 0.2) is 71.1 Å². The van der Waals surface area contributed by atoms with Crippen molar-refractivity contribution in [3.8, 4) is 17.1 Å². The Morgan fingerprint density at radius 1 is 0.930 bits per heavy atom. The molecular formula is C35H41NO7. The minimum absolute atomic E-state index is 0.155. The number of benzene rings is 3. The van der Waals surface area contributed by atoms with Crippen LogP contribution in [-0.4, -0.2) is 55.1 Å². The van der Waals surface area contributed by atoms with Gasteiger partial charge < -0.3 is 29.4 Å². The van der Waals surface area contributed by atoms with Gasteiger partial charge in [0.2, 0.25) is 5.91 Å². The van der Waals surface area contributed by atoms with E-state index in [1.807, 2.05) is 73.7 Å². The number of nitrogens with one attached hydrogen (secondary N) is 1. The van der Waals surface area contributed by atoms with E-state index in [-0.39, 0.29) is 38.2 Å². The van der Waals surface area contributed by atoms with Gasteiger partial charge in [-0.25, -0.2) is 4.79 Å². The zero-order chi connectivity index (χ0) is 30.6. The fourth-order valence-electron chi connectivity index (χ4n) is 5.05. The van der Waals surface area contributed by atoms with Gasteiger partial charge in [0, 0.05) is 24.0 Å². The van der Waals surface area contributed by atoms with Crippen molar-refractivity contribution >= 4 is 22.8 Å². The smallest absolute Gasteiger partial charge is 0.342 e. The van der Waals surface area contributed by atoms with Gasteiger partial charge in [-0.15, -0.1) is 0 Å². The Morgan fingerprint density at radius 3 is 2.37 bits per heavy atom. The van der Waals surface area contributed by atoms with Gasteiger partial charge >= 0.3 is 5.97 Å². The number of esters is 1. The molecule has 0 aliphatic heterocycles. The van der Waals surface area contributed by atoms with Gasteiger partial charge in [-0.3, -0.25) is 4.79 Å². The number of carbonyl (C=O) groups is 2. The highest BCUT2D eigenvalue weighted by Gasteiger charge is 2.26. The van der Waals surface area contributed by atoms with Crippen molar-refractivity contribution in [2.45, 2.75) is 57.9 Å². The number of methoxy groups -OCH3 is 1. The van der Waals surface area contributed by atoms with Crippen molar-refractivity contribution in [1.82, 2.24) is 5.32 Å². The van der Waals surface area contributed by atoms with E-state index in [0.717, 1.165) is 41.5 Å². The van der Waals surface area contributed by atoms with Crippen LogP contribution in [0.5, 0.6) is 5.75 Å². The van der Waals surface area contributed by atoms with E-state index >= 15 is 0 Å². The highest BCUT2D eigenvalue weighted by Crippen LogP contribution is 2.39. The Bertz CT molecular complexity index is 1480. The number of amides is 1. The summed E-state index contributed by atoms with van der Waals surface area (Å²) in [6.45, 7) is 2.24. The zero-order valence-electron chi connectivity index (χ0n) is 24.9. The highest BCUT2D eigenvalue weighted by molar-refractivity contribution is 6.10. The lowest BCUT2D eigenvalue weighted by Crippen LogP contribution is -2.39. The average Bonchev–Trinajstić information content (AvgIpc) is 3.41. The summed E-state index contributed by atoms with van der Waals surface area (Å²) >= 11 is 0. The first-order valence-corrected chi connectivity index (χ1v) is 14.9. The summed E-state index contributed by atoms with van der Waals surface area (Å²) in [4.78, 5) is 26.3. The molecule has 1 heterocycles. The highest BCUT2D eigenvalue weighted by atomic mass is 16.5. The van der Waals surface area contributed by atoms with Gasteiger partial charge in [0.25, 0.3) is 0 Å². The second kappa shape index (κ2) is 15.9. The van der Waals surface area contributed by atoms with Crippen LogP contribution in [-0.2, 0) is 22.4 Å². The number of aryl methyl sites for hydroxylation is 2. The minimum atomic E-state index is -0.486. The normalized spacial score (nSPS) is 11.8. The molecule has 4 aromatic rings. The first kappa shape index (κ1) is 31.8. The summed E-state index contributed by atoms with van der Waals surface area (Å²) in [6, 6.07) is 20.7. The predicted molar refractivity (Wildman–Crippen MR) is 166 cm³/mol. The van der Waals surface area contributed by atoms with E-state index in [9.17, 15) is 14.7 Å². The van der Waals surface area contributed by atoms with E-state index in [4.69, 9.17) is 19.0 Å². The predicted octanol–water partition coefficient (Wildman–Crippen LogP) is 5.78. The van der Waals surface area contributed by atoms with Gasteiger partial charge in [0.15, 0.2) is 11.3 Å². The molecule has 8 nitrogen and oxygen atoms in total. The maximum Gasteiger partial charge on any atom is 0.342 e. The molecule has 4 rings (SSSR count). The maximum absolute atomic E-state index is 13.5. The Balaban J connectivity index is 1.56. The number of aliphatic hydroxyl groups is 2. The topological polar surface area (TPSA) is 118 Å². The molecule has 43 heavy (non-hydrogen) atoms. The first-order chi connectivity index (χ1) is 20.9. The number of ether oxygens (including phenoxy) is 2. The second-order valence-electron chi connectivity index (χ2n) is 10.8. The molecular weight excluding hydrogens is 546 g/mol. The van der Waals surface area contributed by atoms with E-state index in [0.29, 0.717) is 47.3 Å². The van der Waals surface area contributed by atoms with Crippen LogP contribution in [0.4, 0.5) is 0 Å². The lowest BCUT2D eigenvalue weighted by atomic mass is 10.0. The van der Waals surface area contributed by atoms with Crippen LogP contribution < -0.4 is 10.1 Å². The van der Waals surface area contributed by atoms with Gasteiger partial charge in [-0.05, 0) is 62.3 Å². The number of hydrogen-bond acceptors (Lipinski definition) is 7. The molecule has 3 N–H and O–H groups in total. The third kappa shape index (κ3) is 8.69. The monoisotopic (exact) mass is 587 g/mol. The quantitative estimate of drug-likeness (QED) is 0.112. The Kier molecular flexibility index (Phi) is 11.8. The molecule has 1 amide bonds. The Labute approximate surface area is 252 Å². The van der Waals surface area contributed by atoms with E-state index in [2.05, 4.69) is 5.32 Å². The zero-order valence-corrected chi connectivity index (χ0v) is 24.9. The van der Waals surface area contributed by atoms with Crippen molar-refractivity contribution < 1.29 is 33.7 Å². The first-order valence-electron chi connectivity index (χ1n) is 14.9. The molecule has 0 radical (unpaired) electrons. The second-order valence-corrected chi connectivity index (χ2v) is 10.8. The minimum Gasteiger partial charge on any atom is -0.493 e. The molecule has 0 saturated heterocycles. The molecule has 0 spiro atoms. The summed E-state index contributed by atoms with van der Waals surface area (Å²) in [7, 11) is 1.54. The molecule has 3 aromatic carbocycles. The lowest BCUT2D eigenvalue weighted by Gasteiger charge is -2.16. The van der Waals surface area contributed by atoms with E-state index in [1.54, 1.807) is 7.11 Å². The van der Waals surface area contributed by atoms with Crippen molar-refractivity contribution in [3.05, 3.63) is 89.0 Å². The van der Waals surface area contributed by atoms with Crippen molar-refractivity contribution in [2.75, 3.05) is 26.9 Å². The lowest BCUT2D eigenvalue weighted by molar-refractivity contribution is -0.122. The summed E-state index contributed by atoms with van der Waals surface area (Å²) in [6.07, 6.45) is 4.27. The van der Waals surface area contributed by atoms with Crippen molar-refractivity contribution in [3.63, 3.8) is 0 Å². The summed E-state index contributed by atoms with van der Waals surface area (Å²) in [5, 5.41) is 22.3. The average molecular weight is 588 g/mol. The van der Waals surface area contributed by atoms with Crippen LogP contribution in [0, 0.1) is 6.92 Å². The fourth-order valence-corrected chi connectivity index (χ4v) is 5.05. The van der Waals surface area contributed by atoms with E-state index < -0.39 is 5.97 Å². The van der Waals surface area contributed by atoms with Crippen molar-refractivity contribution in [1.29, 1.82) is 0 Å². The SMILES string of the molecule is COc1cc(CCC(=O)N[C@H](CO)Cc2ccccc2)cc2c(C(=O)OCCCCCCO)c(-c3ccc(C)cc3)oc12. The standard InChI is InChI=1S/C35H41NO7/c1-24-12-15-27(16-13-24)33-32(35(40)42-19-9-4-3-8-18-37)29-21-26(22-30(41-2)34(29)43-33)14-17-31(39)36-28(23-38)20-25-10-6-5-7-11-25/h5-7,10-13,15-16,21-22,28,37-38H,3-4,8-9,14,17-20,23H2,1-2H3,(H,36,39)/t28-/m0/s1. The van der Waals surface area contributed by atoms with Crippen molar-refractivity contribution in [2.24, 2.45) is 0 Å². The maximum atomic E-state index is 13.5. The van der Waals surface area contributed by atoms with Gasteiger partial charge in [-0.2, -0.15) is 0 Å². The molecule has 228 valence electrons. The van der Waals surface area contributed by atoms with Gasteiger partial charge in [0.05, 0.1) is 26.4 Å². The molecule has 1 atom stereocenters. The Morgan fingerprint density at radius 2 is 1.67 bits per heavy atom. The number of hydrogen-bond donors (Lipinski definition) is 3. The number of fused-ring (bicyclic) bond motifs is 1. The summed E-state index contributed by atoms with van der Waals surface area (Å²) < 4.78 is 17.6. The number of aliphatic hydroxyl groups excluding tert-OH is 2.